The van der Waals surface area contributed by atoms with E-state index in [-0.39, 0.29) is 6.24 Å². The summed E-state index contributed by atoms with van der Waals surface area (Å²) in [5.41, 5.74) is 0.785. The molecule has 1 aromatic heterocycles. The summed E-state index contributed by atoms with van der Waals surface area (Å²) in [6.45, 7) is 0. The third kappa shape index (κ3) is 0.617. The van der Waals surface area contributed by atoms with Crippen LogP contribution in [0.25, 0.3) is 11.0 Å². The highest BCUT2D eigenvalue weighted by Crippen LogP contribution is 2.12. The predicted molar refractivity (Wildman–Crippen MR) is 36.2 cm³/mol. The second-order valence-electron chi connectivity index (χ2n) is 1.90. The Hall–Kier alpha value is -1.24. The molecule has 0 radical (unpaired) electrons. The van der Waals surface area contributed by atoms with Gasteiger partial charge in [-0.1, -0.05) is 18.2 Å². The molecular formula is C8H6O. The Morgan fingerprint density at radius 1 is 1.22 bits per heavy atom. The lowest BCUT2D eigenvalue weighted by atomic mass is 10.3. The van der Waals surface area contributed by atoms with Crippen molar-refractivity contribution >= 4 is 11.0 Å². The third-order valence-electron chi connectivity index (χ3n) is 1.30. The van der Waals surface area contributed by atoms with E-state index in [4.69, 9.17) is 5.79 Å². The smallest absolute Gasteiger partial charge is 0.133 e. The van der Waals surface area contributed by atoms with Gasteiger partial charge in [0.1, 0.15) is 6.95 Å². The molecule has 2 aromatic rings. The number of benzene rings is 1. The van der Waals surface area contributed by atoms with Crippen LogP contribution in [-0.2, 0) is 0 Å². The van der Waals surface area contributed by atoms with Gasteiger partial charge in [-0.2, -0.15) is 0 Å². The van der Waals surface area contributed by atoms with Crippen molar-refractivity contribution in [3.63, 3.8) is 0 Å². The van der Waals surface area contributed by atoms with Crippen LogP contribution in [0.4, 0.5) is 0 Å². The summed E-state index contributed by atoms with van der Waals surface area (Å²) in [4.78, 5) is 0. The van der Waals surface area contributed by atoms with Crippen molar-refractivity contribution in [1.29, 1.82) is 0 Å². The van der Waals surface area contributed by atoms with E-state index < -0.39 is 0 Å². The van der Waals surface area contributed by atoms with E-state index in [1.165, 1.54) is 0 Å². The molecule has 0 N–H and O–H groups in total. The van der Waals surface area contributed by atoms with Crippen LogP contribution in [0.1, 0.15) is 1.37 Å². The van der Waals surface area contributed by atoms with Crippen molar-refractivity contribution in [2.45, 2.75) is 0 Å². The summed E-state index contributed by atoms with van der Waals surface area (Å²) in [6, 6.07) is 9.31. The summed E-state index contributed by atoms with van der Waals surface area (Å²) in [6.07, 6.45) is 0.223. The summed E-state index contributed by atoms with van der Waals surface area (Å²) in [5.74, 6) is 0. The van der Waals surface area contributed by atoms with Gasteiger partial charge >= 0.3 is 0 Å². The molecule has 0 spiro atoms. The number of furan rings is 1. The highest BCUT2D eigenvalue weighted by Gasteiger charge is 1.89. The fourth-order valence-electron chi connectivity index (χ4n) is 0.849. The van der Waals surface area contributed by atoms with Gasteiger partial charge in [-0.05, 0) is 12.1 Å². The molecule has 0 saturated carbocycles. The summed E-state index contributed by atoms with van der Waals surface area (Å²) >= 11 is 0. The molecule has 0 saturated heterocycles. The molecule has 1 heterocycles. The van der Waals surface area contributed by atoms with E-state index >= 15 is 0 Å². The Morgan fingerprint density at radius 3 is 3.00 bits per heavy atom. The van der Waals surface area contributed by atoms with E-state index in [9.17, 15) is 0 Å². The van der Waals surface area contributed by atoms with Gasteiger partial charge < -0.3 is 4.42 Å². The average Bonchev–Trinajstić information content (AvgIpc) is 2.27. The molecule has 0 unspecified atom stereocenters. The van der Waals surface area contributed by atoms with Crippen LogP contribution in [-0.4, -0.2) is 0 Å². The van der Waals surface area contributed by atoms with Gasteiger partial charge in [0.05, 0.1) is 6.24 Å². The minimum Gasteiger partial charge on any atom is -0.464 e. The molecule has 9 heavy (non-hydrogen) atoms. The Balaban J connectivity index is 2.88. The fourth-order valence-corrected chi connectivity index (χ4v) is 0.849. The fraction of sp³-hybridized carbons (Fsp3) is 0. The van der Waals surface area contributed by atoms with Crippen LogP contribution in [0.5, 0.6) is 0 Å². The van der Waals surface area contributed by atoms with E-state index in [0.29, 0.717) is 0 Å². The van der Waals surface area contributed by atoms with Gasteiger partial charge in [0.25, 0.3) is 0 Å². The van der Waals surface area contributed by atoms with Crippen molar-refractivity contribution in [2.24, 2.45) is 0 Å². The Kier molecular flexibility index (Phi) is 0.671. The van der Waals surface area contributed by atoms with Crippen LogP contribution in [0.15, 0.2) is 41.0 Å². The largest absolute Gasteiger partial charge is 0.464 e. The Morgan fingerprint density at radius 2 is 2.11 bits per heavy atom. The first-order valence-corrected chi connectivity index (χ1v) is 2.81. The predicted octanol–water partition coefficient (Wildman–Crippen LogP) is 2.43. The highest BCUT2D eigenvalue weighted by molar-refractivity contribution is 5.76. The summed E-state index contributed by atoms with van der Waals surface area (Å²) in [7, 11) is 0. The second-order valence-corrected chi connectivity index (χ2v) is 1.90. The molecule has 0 fully saturated rings. The normalized spacial score (nSPS) is 11.8. The van der Waals surface area contributed by atoms with Gasteiger partial charge in [0.2, 0.25) is 0 Å². The zero-order chi connectivity index (χ0) is 6.97. The molecule has 0 atom stereocenters. The van der Waals surface area contributed by atoms with Gasteiger partial charge in [-0.3, -0.25) is 0 Å². The van der Waals surface area contributed by atoms with E-state index in [1.807, 2.05) is 24.3 Å². The molecule has 1 aromatic carbocycles. The molecule has 0 aliphatic heterocycles. The number of hydrogen-bond acceptors (Lipinski definition) is 1. The van der Waals surface area contributed by atoms with Crippen LogP contribution < -0.4 is 0 Å². The van der Waals surface area contributed by atoms with Crippen LogP contribution >= 0.6 is 0 Å². The van der Waals surface area contributed by atoms with E-state index in [1.54, 1.807) is 6.07 Å². The zero-order valence-electron chi connectivity index (χ0n) is 5.79. The van der Waals surface area contributed by atoms with Crippen molar-refractivity contribution in [1.82, 2.24) is 0 Å². The summed E-state index contributed by atoms with van der Waals surface area (Å²) in [5, 5.41) is 0.993. The third-order valence-corrected chi connectivity index (χ3v) is 1.30. The highest BCUT2D eigenvalue weighted by atomic mass is 16.3. The van der Waals surface area contributed by atoms with Crippen molar-refractivity contribution in [2.75, 3.05) is 0 Å². The van der Waals surface area contributed by atoms with E-state index in [0.717, 1.165) is 11.0 Å². The SMILES string of the molecule is [2H]c1cc2ccccc2o1. The topological polar surface area (TPSA) is 13.1 Å². The Bertz CT molecular complexity index is 318. The number of hydrogen-bond donors (Lipinski definition) is 0. The molecule has 0 aliphatic carbocycles. The maximum atomic E-state index is 7.16. The monoisotopic (exact) mass is 119 g/mol. The average molecular weight is 119 g/mol. The minimum atomic E-state index is 0.223. The van der Waals surface area contributed by atoms with Crippen LogP contribution in [0, 0.1) is 0 Å². The van der Waals surface area contributed by atoms with Crippen molar-refractivity contribution in [3.05, 3.63) is 36.6 Å². The molecule has 2 rings (SSSR count). The quantitative estimate of drug-likeness (QED) is 0.519. The standard InChI is InChI=1S/C8H6O/c1-2-4-8-7(3-1)5-6-9-8/h1-6H/i6D. The number of para-hydroxylation sites is 1. The molecule has 1 heteroatoms. The molecule has 0 amide bonds. The first kappa shape index (κ1) is 3.72. The van der Waals surface area contributed by atoms with Crippen molar-refractivity contribution < 1.29 is 5.79 Å². The molecule has 1 nitrogen and oxygen atoms in total. The zero-order valence-corrected chi connectivity index (χ0v) is 4.79. The maximum absolute atomic E-state index is 7.16. The van der Waals surface area contributed by atoms with Crippen LogP contribution in [0.2, 0.25) is 0 Å². The van der Waals surface area contributed by atoms with Crippen molar-refractivity contribution in [3.8, 4) is 0 Å². The molecular weight excluding hydrogens is 112 g/mol. The van der Waals surface area contributed by atoms with Gasteiger partial charge in [-0.25, -0.2) is 0 Å². The Labute approximate surface area is 54.3 Å². The van der Waals surface area contributed by atoms with Gasteiger partial charge in [0.15, 0.2) is 0 Å². The lowest BCUT2D eigenvalue weighted by molar-refractivity contribution is 0.616. The maximum Gasteiger partial charge on any atom is 0.133 e. The van der Waals surface area contributed by atoms with Gasteiger partial charge in [-0.15, -0.1) is 0 Å². The number of rotatable bonds is 0. The van der Waals surface area contributed by atoms with Gasteiger partial charge in [0, 0.05) is 5.39 Å². The van der Waals surface area contributed by atoms with Crippen LogP contribution in [0.3, 0.4) is 0 Å². The minimum absolute atomic E-state index is 0.223. The molecule has 0 bridgehead atoms. The number of fused-ring (bicyclic) bond motifs is 1. The molecule has 44 valence electrons. The lowest BCUT2D eigenvalue weighted by Gasteiger charge is -1.81. The summed E-state index contributed by atoms with van der Waals surface area (Å²) < 4.78 is 12.2. The van der Waals surface area contributed by atoms with E-state index in [2.05, 4.69) is 0 Å². The second kappa shape index (κ2) is 1.62. The first-order chi connectivity index (χ1) is 4.86. The first-order valence-electron chi connectivity index (χ1n) is 3.31. The lowest BCUT2D eigenvalue weighted by Crippen LogP contribution is -1.57. The molecule has 0 aliphatic rings.